The van der Waals surface area contributed by atoms with Crippen LogP contribution in [0.1, 0.15) is 22.8 Å². The predicted octanol–water partition coefficient (Wildman–Crippen LogP) is 3.33. The average molecular weight is 271 g/mol. The summed E-state index contributed by atoms with van der Waals surface area (Å²) in [6.07, 6.45) is 3.63. The normalized spacial score (nSPS) is 10.7. The van der Waals surface area contributed by atoms with Crippen LogP contribution < -0.4 is 0 Å². The first kappa shape index (κ1) is 13.8. The van der Waals surface area contributed by atoms with E-state index in [0.717, 1.165) is 5.56 Å². The van der Waals surface area contributed by atoms with Crippen LogP contribution in [0.25, 0.3) is 6.08 Å². The van der Waals surface area contributed by atoms with Gasteiger partial charge in [-0.1, -0.05) is 41.6 Å². The van der Waals surface area contributed by atoms with E-state index >= 15 is 0 Å². The van der Waals surface area contributed by atoms with E-state index in [1.807, 2.05) is 6.08 Å². The van der Waals surface area contributed by atoms with Crippen LogP contribution >= 0.6 is 23.4 Å². The van der Waals surface area contributed by atoms with Crippen molar-refractivity contribution in [1.82, 2.24) is 0 Å². The Morgan fingerprint density at radius 2 is 2.18 bits per heavy atom. The average Bonchev–Trinajstić information content (AvgIpc) is 2.23. The summed E-state index contributed by atoms with van der Waals surface area (Å²) in [4.78, 5) is 21.4. The van der Waals surface area contributed by atoms with Crippen molar-refractivity contribution in [1.29, 1.82) is 0 Å². The minimum absolute atomic E-state index is 0.0638. The Hall–Kier alpha value is -1.26. The predicted molar refractivity (Wildman–Crippen MR) is 70.6 cm³/mol. The molecule has 1 rings (SSSR count). The maximum Gasteiger partial charge on any atom is 0.337 e. The van der Waals surface area contributed by atoms with Gasteiger partial charge in [-0.05, 0) is 17.7 Å². The van der Waals surface area contributed by atoms with Crippen LogP contribution in [0.15, 0.2) is 24.3 Å². The molecule has 0 fully saturated rings. The largest absolute Gasteiger partial charge is 0.478 e. The molecule has 0 aliphatic carbocycles. The van der Waals surface area contributed by atoms with Gasteiger partial charge in [0.2, 0.25) is 0 Å². The molecule has 0 unspecified atom stereocenters. The summed E-state index contributed by atoms with van der Waals surface area (Å²) >= 11 is 7.02. The smallest absolute Gasteiger partial charge is 0.337 e. The van der Waals surface area contributed by atoms with Crippen molar-refractivity contribution in [2.75, 3.05) is 5.75 Å². The molecular weight excluding hydrogens is 260 g/mol. The number of carboxylic acid groups (broad SMARTS) is 1. The van der Waals surface area contributed by atoms with Crippen molar-refractivity contribution in [2.45, 2.75) is 6.92 Å². The van der Waals surface area contributed by atoms with Gasteiger partial charge in [0, 0.05) is 12.7 Å². The van der Waals surface area contributed by atoms with Gasteiger partial charge in [-0.25, -0.2) is 4.79 Å². The van der Waals surface area contributed by atoms with Gasteiger partial charge in [-0.3, -0.25) is 4.79 Å². The topological polar surface area (TPSA) is 54.4 Å². The van der Waals surface area contributed by atoms with Gasteiger partial charge in [0.15, 0.2) is 5.12 Å². The van der Waals surface area contributed by atoms with Gasteiger partial charge in [0.05, 0.1) is 10.6 Å². The number of benzene rings is 1. The van der Waals surface area contributed by atoms with Crippen molar-refractivity contribution >= 4 is 40.5 Å². The lowest BCUT2D eigenvalue weighted by atomic mass is 10.1. The minimum atomic E-state index is -1.04. The second-order valence-electron chi connectivity index (χ2n) is 3.25. The molecule has 0 spiro atoms. The van der Waals surface area contributed by atoms with E-state index in [1.165, 1.54) is 24.8 Å². The van der Waals surface area contributed by atoms with Gasteiger partial charge >= 0.3 is 5.97 Å². The maximum absolute atomic E-state index is 10.7. The van der Waals surface area contributed by atoms with E-state index in [1.54, 1.807) is 18.2 Å². The Bertz CT molecular complexity index is 469. The summed E-state index contributed by atoms with van der Waals surface area (Å²) in [7, 11) is 0. The van der Waals surface area contributed by atoms with Crippen LogP contribution in [0.2, 0.25) is 5.02 Å². The Morgan fingerprint density at radius 3 is 2.71 bits per heavy atom. The molecule has 1 aromatic carbocycles. The number of carbonyl (C=O) groups is 2. The number of carboxylic acids is 1. The lowest BCUT2D eigenvalue weighted by Gasteiger charge is -1.99. The summed E-state index contributed by atoms with van der Waals surface area (Å²) in [6.45, 7) is 1.51. The molecule has 17 heavy (non-hydrogen) atoms. The molecule has 0 aliphatic rings. The molecule has 0 amide bonds. The lowest BCUT2D eigenvalue weighted by molar-refractivity contribution is -0.109. The van der Waals surface area contributed by atoms with E-state index in [2.05, 4.69) is 0 Å². The zero-order chi connectivity index (χ0) is 12.8. The monoisotopic (exact) mass is 270 g/mol. The number of aromatic carboxylic acids is 1. The molecule has 1 N–H and O–H groups in total. The second-order valence-corrected chi connectivity index (χ2v) is 4.85. The first-order valence-electron chi connectivity index (χ1n) is 4.83. The zero-order valence-electron chi connectivity index (χ0n) is 9.14. The molecule has 0 aromatic heterocycles. The van der Waals surface area contributed by atoms with Gasteiger partial charge in [0.25, 0.3) is 0 Å². The van der Waals surface area contributed by atoms with Crippen LogP contribution in [-0.2, 0) is 4.79 Å². The highest BCUT2D eigenvalue weighted by Crippen LogP contribution is 2.19. The first-order valence-corrected chi connectivity index (χ1v) is 6.20. The number of hydrogen-bond donors (Lipinski definition) is 1. The van der Waals surface area contributed by atoms with Gasteiger partial charge < -0.3 is 5.11 Å². The Morgan fingerprint density at radius 1 is 1.47 bits per heavy atom. The molecule has 1 aromatic rings. The zero-order valence-corrected chi connectivity index (χ0v) is 10.7. The maximum atomic E-state index is 10.7. The fourth-order valence-corrected chi connectivity index (χ4v) is 1.86. The number of halogens is 1. The number of hydrogen-bond acceptors (Lipinski definition) is 3. The molecule has 0 heterocycles. The summed E-state index contributed by atoms with van der Waals surface area (Å²) in [5, 5.41) is 9.06. The highest BCUT2D eigenvalue weighted by atomic mass is 35.5. The van der Waals surface area contributed by atoms with E-state index in [4.69, 9.17) is 16.7 Å². The van der Waals surface area contributed by atoms with Crippen molar-refractivity contribution < 1.29 is 14.7 Å². The minimum Gasteiger partial charge on any atom is -0.478 e. The molecule has 90 valence electrons. The van der Waals surface area contributed by atoms with Crippen LogP contribution in [0, 0.1) is 0 Å². The lowest BCUT2D eigenvalue weighted by Crippen LogP contribution is -1.96. The molecule has 0 radical (unpaired) electrons. The third-order valence-corrected chi connectivity index (χ3v) is 3.00. The first-order chi connectivity index (χ1) is 8.00. The van der Waals surface area contributed by atoms with Gasteiger partial charge in [-0.2, -0.15) is 0 Å². The van der Waals surface area contributed by atoms with Crippen molar-refractivity contribution in [2.24, 2.45) is 0 Å². The quantitative estimate of drug-likeness (QED) is 0.912. The molecular formula is C12H11ClO3S. The highest BCUT2D eigenvalue weighted by Gasteiger charge is 2.07. The fourth-order valence-electron chi connectivity index (χ4n) is 1.16. The molecule has 5 heteroatoms. The summed E-state index contributed by atoms with van der Waals surface area (Å²) in [6, 6.07) is 4.71. The molecule has 0 atom stereocenters. The number of rotatable bonds is 4. The van der Waals surface area contributed by atoms with E-state index in [9.17, 15) is 9.59 Å². The fraction of sp³-hybridized carbons (Fsp3) is 0.167. The van der Waals surface area contributed by atoms with Crippen LogP contribution in [0.3, 0.4) is 0 Å². The van der Waals surface area contributed by atoms with Crippen molar-refractivity contribution in [3.63, 3.8) is 0 Å². The molecule has 0 saturated carbocycles. The van der Waals surface area contributed by atoms with Crippen molar-refractivity contribution in [3.8, 4) is 0 Å². The molecule has 3 nitrogen and oxygen atoms in total. The van der Waals surface area contributed by atoms with Crippen molar-refractivity contribution in [3.05, 3.63) is 40.4 Å². The third kappa shape index (κ3) is 4.63. The molecule has 0 bridgehead atoms. The Balaban J connectivity index is 2.70. The standard InChI is InChI=1S/C12H11ClO3S/c1-8(14)17-6-2-3-9-4-5-10(12(15)16)11(13)7-9/h2-5,7H,6H2,1H3,(H,15,16). The van der Waals surface area contributed by atoms with Crippen LogP contribution in [0.5, 0.6) is 0 Å². The van der Waals surface area contributed by atoms with Gasteiger partial charge in [0.1, 0.15) is 0 Å². The Labute approximate surface area is 108 Å². The Kier molecular flexibility index (Phi) is 5.25. The third-order valence-electron chi connectivity index (χ3n) is 1.92. The van der Waals surface area contributed by atoms with E-state index in [-0.39, 0.29) is 15.7 Å². The molecule has 0 saturated heterocycles. The van der Waals surface area contributed by atoms with Crippen LogP contribution in [0.4, 0.5) is 0 Å². The van der Waals surface area contributed by atoms with E-state index in [0.29, 0.717) is 5.75 Å². The van der Waals surface area contributed by atoms with Gasteiger partial charge in [-0.15, -0.1) is 0 Å². The highest BCUT2D eigenvalue weighted by molar-refractivity contribution is 8.13. The SMILES string of the molecule is CC(=O)SCC=Cc1ccc(C(=O)O)c(Cl)c1. The number of thioether (sulfide) groups is 1. The van der Waals surface area contributed by atoms with Crippen LogP contribution in [-0.4, -0.2) is 21.9 Å². The molecule has 0 aliphatic heterocycles. The van der Waals surface area contributed by atoms with E-state index < -0.39 is 5.97 Å². The number of carbonyl (C=O) groups excluding carboxylic acids is 1. The summed E-state index contributed by atoms with van der Waals surface area (Å²) < 4.78 is 0. The summed E-state index contributed by atoms with van der Waals surface area (Å²) in [5.74, 6) is -0.453. The summed E-state index contributed by atoms with van der Waals surface area (Å²) in [5.41, 5.74) is 0.895. The second kappa shape index (κ2) is 6.47.